The van der Waals surface area contributed by atoms with Gasteiger partial charge in [-0.15, -0.1) is 0 Å². The van der Waals surface area contributed by atoms with Gasteiger partial charge < -0.3 is 0 Å². The summed E-state index contributed by atoms with van der Waals surface area (Å²) in [5.41, 5.74) is 0. The Morgan fingerprint density at radius 3 is 2.91 bits per heavy atom. The van der Waals surface area contributed by atoms with Crippen LogP contribution in [-0.2, 0) is 4.79 Å². The van der Waals surface area contributed by atoms with Crippen LogP contribution in [0.2, 0.25) is 0 Å². The predicted molar refractivity (Wildman–Crippen MR) is 49.8 cm³/mol. The fraction of sp³-hybridized carbons (Fsp3) is 0.889. The Bertz CT molecular complexity index is 134. The maximum absolute atomic E-state index is 10.8. The molecule has 64 valence electrons. The number of rotatable bonds is 4. The molecule has 1 fully saturated rings. The molecule has 0 bridgehead atoms. The van der Waals surface area contributed by atoms with E-state index in [4.69, 9.17) is 0 Å². The van der Waals surface area contributed by atoms with Crippen LogP contribution < -0.4 is 0 Å². The van der Waals surface area contributed by atoms with Gasteiger partial charge in [0.2, 0.25) is 0 Å². The second kappa shape index (κ2) is 4.81. The van der Waals surface area contributed by atoms with Crippen LogP contribution >= 0.6 is 11.8 Å². The molecular formula is C9H16OS. The molecule has 1 nitrogen and oxygen atoms in total. The molecule has 0 aromatic carbocycles. The lowest BCUT2D eigenvalue weighted by Gasteiger charge is -2.04. The Labute approximate surface area is 72.9 Å². The molecule has 11 heavy (non-hydrogen) atoms. The standard InChI is InChI=1S/C9H16OS/c1-2-3-4-5-8-6-7-9(10)11-8/h8H,2-7H2,1H3. The first kappa shape index (κ1) is 9.11. The van der Waals surface area contributed by atoms with Gasteiger partial charge in [0.05, 0.1) is 0 Å². The molecule has 0 aromatic rings. The molecule has 0 spiro atoms. The van der Waals surface area contributed by atoms with Crippen LogP contribution in [0.15, 0.2) is 0 Å². The largest absolute Gasteiger partial charge is 0.287 e. The highest BCUT2D eigenvalue weighted by Crippen LogP contribution is 2.31. The van der Waals surface area contributed by atoms with Gasteiger partial charge in [-0.3, -0.25) is 4.79 Å². The minimum atomic E-state index is 0.409. The van der Waals surface area contributed by atoms with Crippen LogP contribution in [-0.4, -0.2) is 10.4 Å². The smallest absolute Gasteiger partial charge is 0.189 e. The third kappa shape index (κ3) is 3.28. The molecule has 1 aliphatic heterocycles. The Hall–Kier alpha value is 0.0200. The van der Waals surface area contributed by atoms with Crippen molar-refractivity contribution < 1.29 is 4.79 Å². The minimum absolute atomic E-state index is 0.409. The quantitative estimate of drug-likeness (QED) is 0.606. The van der Waals surface area contributed by atoms with E-state index < -0.39 is 0 Å². The van der Waals surface area contributed by atoms with E-state index in [9.17, 15) is 4.79 Å². The molecule has 1 heterocycles. The number of hydrogen-bond donors (Lipinski definition) is 0. The summed E-state index contributed by atoms with van der Waals surface area (Å²) in [7, 11) is 0. The molecule has 1 unspecified atom stereocenters. The van der Waals surface area contributed by atoms with E-state index in [1.807, 2.05) is 0 Å². The molecule has 1 rings (SSSR count). The summed E-state index contributed by atoms with van der Waals surface area (Å²) in [4.78, 5) is 10.8. The van der Waals surface area contributed by atoms with Crippen molar-refractivity contribution in [1.29, 1.82) is 0 Å². The molecule has 1 aliphatic rings. The average molecular weight is 172 g/mol. The summed E-state index contributed by atoms with van der Waals surface area (Å²) < 4.78 is 0. The molecule has 1 atom stereocenters. The van der Waals surface area contributed by atoms with E-state index in [1.54, 1.807) is 11.8 Å². The second-order valence-corrected chi connectivity index (χ2v) is 4.50. The zero-order valence-corrected chi connectivity index (χ0v) is 7.95. The van der Waals surface area contributed by atoms with Gasteiger partial charge in [-0.1, -0.05) is 37.9 Å². The highest BCUT2D eigenvalue weighted by atomic mass is 32.2. The Morgan fingerprint density at radius 2 is 2.36 bits per heavy atom. The summed E-state index contributed by atoms with van der Waals surface area (Å²) in [6.07, 6.45) is 7.12. The number of carbonyl (C=O) groups is 1. The first-order valence-corrected chi connectivity index (χ1v) is 5.40. The fourth-order valence-electron chi connectivity index (χ4n) is 1.41. The average Bonchev–Trinajstić information content (AvgIpc) is 2.37. The molecule has 0 saturated carbocycles. The van der Waals surface area contributed by atoms with Crippen molar-refractivity contribution >= 4 is 16.9 Å². The van der Waals surface area contributed by atoms with Gasteiger partial charge in [0, 0.05) is 11.7 Å². The van der Waals surface area contributed by atoms with E-state index >= 15 is 0 Å². The van der Waals surface area contributed by atoms with Gasteiger partial charge in [-0.05, 0) is 12.8 Å². The highest BCUT2D eigenvalue weighted by Gasteiger charge is 2.21. The van der Waals surface area contributed by atoms with Crippen LogP contribution in [0.3, 0.4) is 0 Å². The Morgan fingerprint density at radius 1 is 1.55 bits per heavy atom. The summed E-state index contributed by atoms with van der Waals surface area (Å²) in [6, 6.07) is 0. The lowest BCUT2D eigenvalue weighted by atomic mass is 10.1. The van der Waals surface area contributed by atoms with Crippen molar-refractivity contribution in [2.75, 3.05) is 0 Å². The number of carbonyl (C=O) groups excluding carboxylic acids is 1. The van der Waals surface area contributed by atoms with Crippen molar-refractivity contribution in [2.24, 2.45) is 0 Å². The molecule has 0 radical (unpaired) electrons. The lowest BCUT2D eigenvalue weighted by molar-refractivity contribution is -0.110. The number of thioether (sulfide) groups is 1. The monoisotopic (exact) mass is 172 g/mol. The van der Waals surface area contributed by atoms with Crippen molar-refractivity contribution in [3.63, 3.8) is 0 Å². The van der Waals surface area contributed by atoms with Gasteiger partial charge in [-0.2, -0.15) is 0 Å². The summed E-state index contributed by atoms with van der Waals surface area (Å²) in [6.45, 7) is 2.22. The molecular weight excluding hydrogens is 156 g/mol. The zero-order chi connectivity index (χ0) is 8.10. The number of hydrogen-bond acceptors (Lipinski definition) is 2. The maximum atomic E-state index is 10.8. The van der Waals surface area contributed by atoms with Gasteiger partial charge in [0.25, 0.3) is 0 Å². The SMILES string of the molecule is CCCCCC1CCC(=O)S1. The summed E-state index contributed by atoms with van der Waals surface area (Å²) in [5, 5.41) is 1.07. The molecule has 2 heteroatoms. The van der Waals surface area contributed by atoms with Crippen LogP contribution in [0.25, 0.3) is 0 Å². The number of unbranched alkanes of at least 4 members (excludes halogenated alkanes) is 2. The Kier molecular flexibility index (Phi) is 3.98. The van der Waals surface area contributed by atoms with Crippen LogP contribution in [0.4, 0.5) is 0 Å². The van der Waals surface area contributed by atoms with E-state index in [1.165, 1.54) is 25.7 Å². The van der Waals surface area contributed by atoms with Crippen LogP contribution in [0, 0.1) is 0 Å². The minimum Gasteiger partial charge on any atom is -0.287 e. The van der Waals surface area contributed by atoms with Gasteiger partial charge in [-0.25, -0.2) is 0 Å². The van der Waals surface area contributed by atoms with Crippen molar-refractivity contribution in [3.05, 3.63) is 0 Å². The lowest BCUT2D eigenvalue weighted by Crippen LogP contribution is -1.95. The third-order valence-corrected chi connectivity index (χ3v) is 3.37. The summed E-state index contributed by atoms with van der Waals surface area (Å²) >= 11 is 1.58. The van der Waals surface area contributed by atoms with Crippen LogP contribution in [0.1, 0.15) is 45.4 Å². The van der Waals surface area contributed by atoms with Crippen molar-refractivity contribution in [3.8, 4) is 0 Å². The summed E-state index contributed by atoms with van der Waals surface area (Å²) in [5.74, 6) is 0. The van der Waals surface area contributed by atoms with Gasteiger partial charge >= 0.3 is 0 Å². The van der Waals surface area contributed by atoms with E-state index in [0.29, 0.717) is 10.4 Å². The normalized spacial score (nSPS) is 24.5. The first-order chi connectivity index (χ1) is 5.33. The molecule has 0 aromatic heterocycles. The van der Waals surface area contributed by atoms with Gasteiger partial charge in [0.1, 0.15) is 0 Å². The van der Waals surface area contributed by atoms with Crippen molar-refractivity contribution in [1.82, 2.24) is 0 Å². The maximum Gasteiger partial charge on any atom is 0.189 e. The predicted octanol–water partition coefficient (Wildman–Crippen LogP) is 2.99. The Balaban J connectivity index is 2.04. The third-order valence-electron chi connectivity index (χ3n) is 2.10. The van der Waals surface area contributed by atoms with E-state index in [2.05, 4.69) is 6.92 Å². The molecule has 0 amide bonds. The van der Waals surface area contributed by atoms with Crippen molar-refractivity contribution in [2.45, 2.75) is 50.7 Å². The fourth-order valence-corrected chi connectivity index (χ4v) is 2.54. The second-order valence-electron chi connectivity index (χ2n) is 3.15. The van der Waals surface area contributed by atoms with E-state index in [-0.39, 0.29) is 0 Å². The topological polar surface area (TPSA) is 17.1 Å². The molecule has 1 saturated heterocycles. The molecule has 0 N–H and O–H groups in total. The van der Waals surface area contributed by atoms with E-state index in [0.717, 1.165) is 12.8 Å². The first-order valence-electron chi connectivity index (χ1n) is 4.52. The molecule has 0 aliphatic carbocycles. The van der Waals surface area contributed by atoms with Crippen LogP contribution in [0.5, 0.6) is 0 Å². The highest BCUT2D eigenvalue weighted by molar-refractivity contribution is 8.14. The van der Waals surface area contributed by atoms with Gasteiger partial charge in [0.15, 0.2) is 5.12 Å². The zero-order valence-electron chi connectivity index (χ0n) is 7.14.